The molecule has 2 aromatic rings. The fourth-order valence-corrected chi connectivity index (χ4v) is 2.36. The second-order valence-electron chi connectivity index (χ2n) is 6.71. The molecule has 0 saturated carbocycles. The molecule has 1 heterocycles. The number of amides is 1. The molecule has 1 atom stereocenters. The SMILES string of the molecule is C[C@H](OC(=O)c1ccc[nH]1)C(=O)N(Cc1ccccc1)C(C)(C)C. The Morgan fingerprint density at radius 1 is 1.12 bits per heavy atom. The number of esters is 1. The smallest absolute Gasteiger partial charge is 0.355 e. The summed E-state index contributed by atoms with van der Waals surface area (Å²) >= 11 is 0. The van der Waals surface area contributed by atoms with Gasteiger partial charge in [0.05, 0.1) is 0 Å². The van der Waals surface area contributed by atoms with Crippen LogP contribution in [-0.2, 0) is 16.1 Å². The second-order valence-corrected chi connectivity index (χ2v) is 6.71. The van der Waals surface area contributed by atoms with Gasteiger partial charge in [-0.2, -0.15) is 0 Å². The summed E-state index contributed by atoms with van der Waals surface area (Å²) in [6.07, 6.45) is 0.781. The molecule has 0 fully saturated rings. The molecule has 1 amide bonds. The van der Waals surface area contributed by atoms with E-state index in [1.807, 2.05) is 51.1 Å². The predicted molar refractivity (Wildman–Crippen MR) is 92.4 cm³/mol. The summed E-state index contributed by atoms with van der Waals surface area (Å²) in [6, 6.07) is 13.1. The van der Waals surface area contributed by atoms with E-state index in [2.05, 4.69) is 4.98 Å². The number of benzene rings is 1. The van der Waals surface area contributed by atoms with Crippen LogP contribution >= 0.6 is 0 Å². The van der Waals surface area contributed by atoms with Gasteiger partial charge in [-0.15, -0.1) is 0 Å². The standard InChI is InChI=1S/C19H24N2O3/c1-14(24-18(23)16-11-8-12-20-16)17(22)21(19(2,3)4)13-15-9-6-5-7-10-15/h5-12,14,20H,13H2,1-4H3/t14-/m0/s1. The zero-order chi connectivity index (χ0) is 17.7. The zero-order valence-electron chi connectivity index (χ0n) is 14.6. The molecule has 0 aliphatic heterocycles. The second kappa shape index (κ2) is 7.34. The highest BCUT2D eigenvalue weighted by atomic mass is 16.5. The lowest BCUT2D eigenvalue weighted by Crippen LogP contribution is -2.49. The molecule has 0 bridgehead atoms. The van der Waals surface area contributed by atoms with Crippen LogP contribution in [0.5, 0.6) is 0 Å². The van der Waals surface area contributed by atoms with E-state index in [0.29, 0.717) is 12.2 Å². The molecule has 0 saturated heterocycles. The number of carbonyl (C=O) groups excluding carboxylic acids is 2. The van der Waals surface area contributed by atoms with Crippen LogP contribution in [0.15, 0.2) is 48.7 Å². The first-order valence-electron chi connectivity index (χ1n) is 7.99. The third-order valence-corrected chi connectivity index (χ3v) is 3.71. The van der Waals surface area contributed by atoms with Crippen molar-refractivity contribution in [3.8, 4) is 0 Å². The lowest BCUT2D eigenvalue weighted by atomic mass is 10.0. The van der Waals surface area contributed by atoms with E-state index in [4.69, 9.17) is 4.74 Å². The van der Waals surface area contributed by atoms with Crippen molar-refractivity contribution in [3.05, 3.63) is 59.9 Å². The first-order chi connectivity index (χ1) is 11.3. The molecule has 0 spiro atoms. The number of carbonyl (C=O) groups is 2. The van der Waals surface area contributed by atoms with Gasteiger partial charge in [-0.1, -0.05) is 30.3 Å². The van der Waals surface area contributed by atoms with E-state index in [0.717, 1.165) is 5.56 Å². The van der Waals surface area contributed by atoms with Gasteiger partial charge in [0, 0.05) is 18.3 Å². The van der Waals surface area contributed by atoms with Crippen LogP contribution in [0.25, 0.3) is 0 Å². The number of rotatable bonds is 5. The molecule has 128 valence electrons. The average Bonchev–Trinajstić information content (AvgIpc) is 3.06. The summed E-state index contributed by atoms with van der Waals surface area (Å²) in [4.78, 5) is 29.4. The highest BCUT2D eigenvalue weighted by Crippen LogP contribution is 2.20. The third kappa shape index (κ3) is 4.47. The van der Waals surface area contributed by atoms with Crippen LogP contribution < -0.4 is 0 Å². The van der Waals surface area contributed by atoms with E-state index in [9.17, 15) is 9.59 Å². The Hall–Kier alpha value is -2.56. The van der Waals surface area contributed by atoms with Crippen molar-refractivity contribution in [1.29, 1.82) is 0 Å². The van der Waals surface area contributed by atoms with Gasteiger partial charge in [-0.25, -0.2) is 4.79 Å². The molecule has 0 aliphatic rings. The zero-order valence-corrected chi connectivity index (χ0v) is 14.6. The quantitative estimate of drug-likeness (QED) is 0.856. The van der Waals surface area contributed by atoms with Gasteiger partial charge in [0.1, 0.15) is 5.69 Å². The summed E-state index contributed by atoms with van der Waals surface area (Å²) in [6.45, 7) is 7.97. The van der Waals surface area contributed by atoms with E-state index < -0.39 is 12.1 Å². The fourth-order valence-electron chi connectivity index (χ4n) is 2.36. The highest BCUT2D eigenvalue weighted by Gasteiger charge is 2.32. The van der Waals surface area contributed by atoms with Gasteiger partial charge in [0.15, 0.2) is 6.10 Å². The van der Waals surface area contributed by atoms with Crippen molar-refractivity contribution in [2.24, 2.45) is 0 Å². The van der Waals surface area contributed by atoms with Gasteiger partial charge in [0.2, 0.25) is 0 Å². The van der Waals surface area contributed by atoms with E-state index >= 15 is 0 Å². The molecule has 5 nitrogen and oxygen atoms in total. The number of hydrogen-bond donors (Lipinski definition) is 1. The van der Waals surface area contributed by atoms with E-state index in [-0.39, 0.29) is 11.4 Å². The van der Waals surface area contributed by atoms with Gasteiger partial charge in [-0.3, -0.25) is 4.79 Å². The Bertz CT molecular complexity index is 672. The van der Waals surface area contributed by atoms with Gasteiger partial charge in [-0.05, 0) is 45.4 Å². The Morgan fingerprint density at radius 2 is 1.79 bits per heavy atom. The topological polar surface area (TPSA) is 62.4 Å². The lowest BCUT2D eigenvalue weighted by Gasteiger charge is -2.37. The minimum absolute atomic E-state index is 0.216. The van der Waals surface area contributed by atoms with Crippen molar-refractivity contribution in [1.82, 2.24) is 9.88 Å². The van der Waals surface area contributed by atoms with Crippen LogP contribution in [0.4, 0.5) is 0 Å². The average molecular weight is 328 g/mol. The third-order valence-electron chi connectivity index (χ3n) is 3.71. The summed E-state index contributed by atoms with van der Waals surface area (Å²) in [5.41, 5.74) is 0.976. The molecular formula is C19H24N2O3. The largest absolute Gasteiger partial charge is 0.448 e. The van der Waals surface area contributed by atoms with E-state index in [1.54, 1.807) is 30.2 Å². The summed E-state index contributed by atoms with van der Waals surface area (Å²) in [7, 11) is 0. The maximum atomic E-state index is 12.8. The van der Waals surface area contributed by atoms with Crippen molar-refractivity contribution in [2.75, 3.05) is 0 Å². The van der Waals surface area contributed by atoms with Crippen LogP contribution in [0.2, 0.25) is 0 Å². The molecule has 1 aromatic carbocycles. The number of aromatic nitrogens is 1. The highest BCUT2D eigenvalue weighted by molar-refractivity contribution is 5.90. The molecule has 0 radical (unpaired) electrons. The first-order valence-corrected chi connectivity index (χ1v) is 7.99. The predicted octanol–water partition coefficient (Wildman–Crippen LogP) is 3.39. The summed E-state index contributed by atoms with van der Waals surface area (Å²) in [5, 5.41) is 0. The van der Waals surface area contributed by atoms with Crippen molar-refractivity contribution < 1.29 is 14.3 Å². The Kier molecular flexibility index (Phi) is 5.44. The van der Waals surface area contributed by atoms with Gasteiger partial charge >= 0.3 is 5.97 Å². The van der Waals surface area contributed by atoms with Crippen LogP contribution in [0.1, 0.15) is 43.7 Å². The molecule has 24 heavy (non-hydrogen) atoms. The van der Waals surface area contributed by atoms with E-state index in [1.165, 1.54) is 0 Å². The fraction of sp³-hybridized carbons (Fsp3) is 0.368. The van der Waals surface area contributed by atoms with Crippen LogP contribution in [-0.4, -0.2) is 33.4 Å². The minimum Gasteiger partial charge on any atom is -0.448 e. The minimum atomic E-state index is -0.858. The number of nitrogens with zero attached hydrogens (tertiary/aromatic N) is 1. The van der Waals surface area contributed by atoms with Crippen molar-refractivity contribution >= 4 is 11.9 Å². The Labute approximate surface area is 142 Å². The normalized spacial score (nSPS) is 12.5. The number of nitrogens with one attached hydrogen (secondary N) is 1. The molecule has 1 N–H and O–H groups in total. The van der Waals surface area contributed by atoms with Gasteiger partial charge < -0.3 is 14.6 Å². The summed E-state index contributed by atoms with van der Waals surface area (Å²) in [5.74, 6) is -0.749. The monoisotopic (exact) mass is 328 g/mol. The molecule has 2 rings (SSSR count). The van der Waals surface area contributed by atoms with Crippen molar-refractivity contribution in [3.63, 3.8) is 0 Å². The maximum absolute atomic E-state index is 12.8. The van der Waals surface area contributed by atoms with Crippen molar-refractivity contribution in [2.45, 2.75) is 45.9 Å². The molecule has 0 aliphatic carbocycles. The molecule has 0 unspecified atom stereocenters. The maximum Gasteiger partial charge on any atom is 0.355 e. The number of hydrogen-bond acceptors (Lipinski definition) is 3. The molecule has 1 aromatic heterocycles. The summed E-state index contributed by atoms with van der Waals surface area (Å²) < 4.78 is 5.31. The van der Waals surface area contributed by atoms with Crippen LogP contribution in [0.3, 0.4) is 0 Å². The molecule has 5 heteroatoms. The van der Waals surface area contributed by atoms with Crippen LogP contribution in [0, 0.1) is 0 Å². The number of aromatic amines is 1. The first kappa shape index (κ1) is 17.8. The van der Waals surface area contributed by atoms with Gasteiger partial charge in [0.25, 0.3) is 5.91 Å². The number of H-pyrrole nitrogens is 1. The molecular weight excluding hydrogens is 304 g/mol. The Morgan fingerprint density at radius 3 is 2.33 bits per heavy atom. The Balaban J connectivity index is 2.11. The lowest BCUT2D eigenvalue weighted by molar-refractivity contribution is -0.145. The number of ether oxygens (including phenoxy) is 1.